The molecule has 1 saturated heterocycles. The van der Waals surface area contributed by atoms with E-state index in [9.17, 15) is 18.8 Å². The molecule has 1 aliphatic carbocycles. The highest BCUT2D eigenvalue weighted by atomic mass is 32.1. The van der Waals surface area contributed by atoms with Gasteiger partial charge in [0.1, 0.15) is 11.5 Å². The Bertz CT molecular complexity index is 864. The third-order valence-electron chi connectivity index (χ3n) is 5.67. The molecule has 2 fully saturated rings. The first kappa shape index (κ1) is 31.4. The van der Waals surface area contributed by atoms with E-state index in [0.29, 0.717) is 11.3 Å². The average molecular weight is 520 g/mol. The van der Waals surface area contributed by atoms with Crippen molar-refractivity contribution in [1.82, 2.24) is 15.2 Å². The van der Waals surface area contributed by atoms with Gasteiger partial charge in [-0.3, -0.25) is 14.4 Å². The molecule has 0 spiro atoms. The largest absolute Gasteiger partial charge is 0.347 e. The molecule has 0 unspecified atom stereocenters. The Morgan fingerprint density at radius 3 is 1.92 bits per heavy atom. The predicted octanol–water partition coefficient (Wildman–Crippen LogP) is 6.26. The van der Waals surface area contributed by atoms with Gasteiger partial charge in [0.05, 0.1) is 12.1 Å². The third-order valence-corrected chi connectivity index (χ3v) is 6.25. The van der Waals surface area contributed by atoms with E-state index in [1.165, 1.54) is 74.1 Å². The van der Waals surface area contributed by atoms with E-state index in [2.05, 4.69) is 10.3 Å². The van der Waals surface area contributed by atoms with Crippen LogP contribution in [0.5, 0.6) is 0 Å². The summed E-state index contributed by atoms with van der Waals surface area (Å²) in [5.41, 5.74) is 2.45. The van der Waals surface area contributed by atoms with Crippen molar-refractivity contribution in [3.8, 4) is 0 Å². The summed E-state index contributed by atoms with van der Waals surface area (Å²) in [7, 11) is 0. The summed E-state index contributed by atoms with van der Waals surface area (Å²) in [6.07, 6.45) is 11.2. The summed E-state index contributed by atoms with van der Waals surface area (Å²) >= 11 is 1.36. The molecule has 0 radical (unpaired) electrons. The highest BCUT2D eigenvalue weighted by Crippen LogP contribution is 2.15. The van der Waals surface area contributed by atoms with E-state index in [4.69, 9.17) is 0 Å². The highest BCUT2D eigenvalue weighted by Gasteiger charge is 2.18. The van der Waals surface area contributed by atoms with Crippen molar-refractivity contribution >= 4 is 28.9 Å². The van der Waals surface area contributed by atoms with Crippen LogP contribution in [0.1, 0.15) is 95.1 Å². The molecule has 1 aliphatic heterocycles. The molecule has 2 heterocycles. The standard InChI is InChI=1S/C10H6FNOS.C10H18N2O2.C6H12.C2H6/c11-8-3-1-7(2-4-8)10(13)9-5-14-6-12-9;1-8(2)10(14)11-7-9(13)12-5-3-4-6-12;1-2-4-6-5-3-1;1-2/h1-6H;8H,3-7H2,1-2H3,(H,11,14);1-6H2;1-2H3. The zero-order valence-electron chi connectivity index (χ0n) is 22.2. The van der Waals surface area contributed by atoms with Crippen LogP contribution >= 0.6 is 11.3 Å². The molecule has 200 valence electrons. The number of ketones is 1. The second-order valence-electron chi connectivity index (χ2n) is 8.79. The number of rotatable bonds is 5. The van der Waals surface area contributed by atoms with Crippen molar-refractivity contribution in [2.24, 2.45) is 5.92 Å². The highest BCUT2D eigenvalue weighted by molar-refractivity contribution is 7.07. The Labute approximate surface area is 219 Å². The fourth-order valence-electron chi connectivity index (χ4n) is 3.58. The van der Waals surface area contributed by atoms with Gasteiger partial charge in [0, 0.05) is 30.0 Å². The van der Waals surface area contributed by atoms with Crippen LogP contribution in [0.15, 0.2) is 35.2 Å². The molecule has 2 aromatic rings. The number of benzene rings is 1. The van der Waals surface area contributed by atoms with Crippen LogP contribution in [0.2, 0.25) is 0 Å². The molecule has 6 nitrogen and oxygen atoms in total. The third kappa shape index (κ3) is 12.4. The molecule has 0 atom stereocenters. The summed E-state index contributed by atoms with van der Waals surface area (Å²) in [5, 5.41) is 4.30. The Morgan fingerprint density at radius 1 is 0.944 bits per heavy atom. The van der Waals surface area contributed by atoms with Crippen LogP contribution < -0.4 is 5.32 Å². The second-order valence-corrected chi connectivity index (χ2v) is 9.51. The van der Waals surface area contributed by atoms with Crippen molar-refractivity contribution in [1.29, 1.82) is 0 Å². The minimum absolute atomic E-state index is 0.0384. The number of halogens is 1. The number of hydrogen-bond donors (Lipinski definition) is 1. The van der Waals surface area contributed by atoms with Crippen LogP contribution in [-0.4, -0.2) is 47.1 Å². The number of nitrogens with one attached hydrogen (secondary N) is 1. The molecule has 1 aromatic heterocycles. The van der Waals surface area contributed by atoms with Gasteiger partial charge in [0.15, 0.2) is 0 Å². The van der Waals surface area contributed by atoms with Gasteiger partial charge in [0.2, 0.25) is 17.6 Å². The van der Waals surface area contributed by atoms with E-state index >= 15 is 0 Å². The van der Waals surface area contributed by atoms with Gasteiger partial charge in [-0.15, -0.1) is 11.3 Å². The monoisotopic (exact) mass is 519 g/mol. The topological polar surface area (TPSA) is 79.4 Å². The van der Waals surface area contributed by atoms with E-state index in [1.54, 1.807) is 15.8 Å². The number of aromatic nitrogens is 1. The van der Waals surface area contributed by atoms with Crippen LogP contribution in [0.4, 0.5) is 4.39 Å². The summed E-state index contributed by atoms with van der Waals surface area (Å²) < 4.78 is 12.6. The lowest BCUT2D eigenvalue weighted by molar-refractivity contribution is -0.132. The number of thiazole rings is 1. The van der Waals surface area contributed by atoms with Gasteiger partial charge in [-0.25, -0.2) is 9.37 Å². The van der Waals surface area contributed by atoms with E-state index < -0.39 is 0 Å². The lowest BCUT2D eigenvalue weighted by atomic mass is 10.0. The van der Waals surface area contributed by atoms with Gasteiger partial charge in [-0.2, -0.15) is 0 Å². The van der Waals surface area contributed by atoms with E-state index in [1.807, 2.05) is 27.7 Å². The number of amides is 2. The molecule has 4 rings (SSSR count). The molecule has 1 saturated carbocycles. The molecular weight excluding hydrogens is 477 g/mol. The van der Waals surface area contributed by atoms with E-state index in [0.717, 1.165) is 25.9 Å². The summed E-state index contributed by atoms with van der Waals surface area (Å²) in [4.78, 5) is 40.0. The first-order valence-corrected chi connectivity index (χ1v) is 14.1. The van der Waals surface area contributed by atoms with Crippen LogP contribution in [0.25, 0.3) is 0 Å². The number of nitrogens with zero attached hydrogens (tertiary/aromatic N) is 2. The minimum atomic E-state index is -0.347. The quantitative estimate of drug-likeness (QED) is 0.473. The fourth-order valence-corrected chi connectivity index (χ4v) is 4.11. The number of hydrogen-bond acceptors (Lipinski definition) is 5. The lowest BCUT2D eigenvalue weighted by Gasteiger charge is -2.15. The molecular formula is C28H42FN3O3S. The maximum atomic E-state index is 12.6. The second kappa shape index (κ2) is 18.6. The average Bonchev–Trinajstić information content (AvgIpc) is 3.65. The zero-order chi connectivity index (χ0) is 26.8. The van der Waals surface area contributed by atoms with Crippen LogP contribution in [-0.2, 0) is 9.59 Å². The maximum Gasteiger partial charge on any atom is 0.241 e. The smallest absolute Gasteiger partial charge is 0.241 e. The Hall–Kier alpha value is -2.61. The minimum Gasteiger partial charge on any atom is -0.347 e. The predicted molar refractivity (Wildman–Crippen MR) is 145 cm³/mol. The zero-order valence-corrected chi connectivity index (χ0v) is 23.0. The van der Waals surface area contributed by atoms with Gasteiger partial charge in [0.25, 0.3) is 0 Å². The van der Waals surface area contributed by atoms with Crippen LogP contribution in [0, 0.1) is 11.7 Å². The van der Waals surface area contributed by atoms with Crippen molar-refractivity contribution in [3.05, 3.63) is 52.2 Å². The maximum absolute atomic E-state index is 12.6. The fraction of sp³-hybridized carbons (Fsp3) is 0.571. The van der Waals surface area contributed by atoms with Crippen molar-refractivity contribution < 1.29 is 18.8 Å². The van der Waals surface area contributed by atoms with Crippen molar-refractivity contribution in [2.75, 3.05) is 19.6 Å². The molecule has 0 bridgehead atoms. The van der Waals surface area contributed by atoms with E-state index in [-0.39, 0.29) is 35.9 Å². The Kier molecular flexibility index (Phi) is 16.3. The number of likely N-dealkylation sites (tertiary alicyclic amines) is 1. The number of carbonyl (C=O) groups is 3. The molecule has 1 aromatic carbocycles. The van der Waals surface area contributed by atoms with Gasteiger partial charge < -0.3 is 10.2 Å². The molecule has 8 heteroatoms. The molecule has 36 heavy (non-hydrogen) atoms. The molecule has 1 N–H and O–H groups in total. The van der Waals surface area contributed by atoms with Crippen molar-refractivity contribution in [3.63, 3.8) is 0 Å². The summed E-state index contributed by atoms with van der Waals surface area (Å²) in [6.45, 7) is 9.47. The molecule has 2 aliphatic rings. The van der Waals surface area contributed by atoms with Gasteiger partial charge in [-0.1, -0.05) is 66.2 Å². The van der Waals surface area contributed by atoms with Gasteiger partial charge in [-0.05, 0) is 37.1 Å². The number of carbonyl (C=O) groups excluding carboxylic acids is 3. The first-order valence-electron chi connectivity index (χ1n) is 13.1. The summed E-state index contributed by atoms with van der Waals surface area (Å²) in [6, 6.07) is 5.44. The molecule has 2 amide bonds. The van der Waals surface area contributed by atoms with Crippen molar-refractivity contribution in [2.45, 2.75) is 79.1 Å². The summed E-state index contributed by atoms with van der Waals surface area (Å²) in [5.74, 6) is -0.596. The Balaban J connectivity index is 0.000000279. The normalized spacial score (nSPS) is 14.3. The first-order chi connectivity index (χ1) is 17.4. The van der Waals surface area contributed by atoms with Gasteiger partial charge >= 0.3 is 0 Å². The SMILES string of the molecule is C1CCCCC1.CC.CC(C)C(=O)NCC(=O)N1CCCC1.O=C(c1ccc(F)cc1)c1cscn1. The van der Waals surface area contributed by atoms with Crippen LogP contribution in [0.3, 0.4) is 0 Å². The Morgan fingerprint density at radius 2 is 1.47 bits per heavy atom. The lowest BCUT2D eigenvalue weighted by Crippen LogP contribution is -2.39.